The molecule has 4 aliphatic rings. The molecule has 202 valence electrons. The third kappa shape index (κ3) is 4.51. The second-order valence-electron chi connectivity index (χ2n) is 12.4. The van der Waals surface area contributed by atoms with Gasteiger partial charge in [0.25, 0.3) is 0 Å². The van der Waals surface area contributed by atoms with Crippen molar-refractivity contribution in [2.24, 2.45) is 46.3 Å². The van der Waals surface area contributed by atoms with E-state index in [-0.39, 0.29) is 34.7 Å². The lowest BCUT2D eigenvalue weighted by atomic mass is 9.43. The van der Waals surface area contributed by atoms with Crippen LogP contribution in [0.5, 0.6) is 0 Å². The van der Waals surface area contributed by atoms with Gasteiger partial charge < -0.3 is 14.2 Å². The second kappa shape index (κ2) is 10.5. The molecule has 0 bridgehead atoms. The van der Waals surface area contributed by atoms with Crippen molar-refractivity contribution in [3.8, 4) is 0 Å². The molecule has 6 heteroatoms. The summed E-state index contributed by atoms with van der Waals surface area (Å²) >= 11 is 0. The summed E-state index contributed by atoms with van der Waals surface area (Å²) in [6.45, 7) is 11.2. The Hall–Kier alpha value is -1.85. The number of ketones is 1. The molecule has 0 heterocycles. The van der Waals surface area contributed by atoms with Crippen molar-refractivity contribution < 1.29 is 28.6 Å². The highest BCUT2D eigenvalue weighted by atomic mass is 16.7. The fourth-order valence-corrected chi connectivity index (χ4v) is 9.19. The third-order valence-electron chi connectivity index (χ3n) is 11.0. The number of allylic oxidation sites excluding steroid dienone is 2. The van der Waals surface area contributed by atoms with Gasteiger partial charge in [-0.25, -0.2) is 4.79 Å². The Bertz CT molecular complexity index is 894. The van der Waals surface area contributed by atoms with Gasteiger partial charge in [0.1, 0.15) is 6.10 Å². The van der Waals surface area contributed by atoms with Crippen molar-refractivity contribution in [2.45, 2.75) is 98.5 Å². The number of Topliss-reactive ketones (excluding diaryl/α,β-unsaturated/α-hetero) is 1. The maximum absolute atomic E-state index is 14.2. The first kappa shape index (κ1) is 27.2. The standard InChI is InChI=1S/C30H46O6/c1-7-20-24-17-19(36-28(33)35-8-2)13-15-30(24,5)23-14-16-29(4)21(18(3)9-12-25(31)34-6)10-11-22(29)26(23)27(20)32/h7,18-19,21-24,26H,8-17H2,1-6H3/b20-7-/t18-,19-,21?,22?,23?,24+,26?,29-,30-/m1/s1. The van der Waals surface area contributed by atoms with Crippen LogP contribution in [0, 0.1) is 46.3 Å². The highest BCUT2D eigenvalue weighted by Gasteiger charge is 2.64. The SMILES string of the molecule is C/C=C1\C(=O)C2C3CCC([C@H](C)CCC(=O)OC)[C@@]3(C)CCC2[C@@]2(C)CC[C@@H](OC(=O)OCC)C[C@@H]12. The van der Waals surface area contributed by atoms with E-state index in [0.717, 1.165) is 50.5 Å². The molecule has 0 saturated heterocycles. The summed E-state index contributed by atoms with van der Waals surface area (Å²) in [5.74, 6) is 2.18. The van der Waals surface area contributed by atoms with Crippen molar-refractivity contribution in [1.29, 1.82) is 0 Å². The van der Waals surface area contributed by atoms with Crippen molar-refractivity contribution in [2.75, 3.05) is 13.7 Å². The van der Waals surface area contributed by atoms with Gasteiger partial charge in [0.05, 0.1) is 13.7 Å². The molecule has 0 aromatic heterocycles. The molecule has 36 heavy (non-hydrogen) atoms. The fraction of sp³-hybridized carbons (Fsp3) is 0.833. The van der Waals surface area contributed by atoms with E-state index in [1.54, 1.807) is 6.92 Å². The lowest BCUT2D eigenvalue weighted by molar-refractivity contribution is -0.150. The Morgan fingerprint density at radius 2 is 1.78 bits per heavy atom. The number of carbonyl (C=O) groups excluding carboxylic acids is 3. The van der Waals surface area contributed by atoms with E-state index < -0.39 is 6.16 Å². The quantitative estimate of drug-likeness (QED) is 0.304. The normalized spacial score (nSPS) is 41.6. The summed E-state index contributed by atoms with van der Waals surface area (Å²) in [5.41, 5.74) is 1.14. The van der Waals surface area contributed by atoms with Crippen LogP contribution in [0.3, 0.4) is 0 Å². The zero-order valence-electron chi connectivity index (χ0n) is 23.1. The van der Waals surface area contributed by atoms with Gasteiger partial charge in [-0.15, -0.1) is 0 Å². The number of ether oxygens (including phenoxy) is 3. The van der Waals surface area contributed by atoms with Crippen molar-refractivity contribution in [3.63, 3.8) is 0 Å². The van der Waals surface area contributed by atoms with E-state index in [1.807, 2.05) is 13.0 Å². The minimum Gasteiger partial charge on any atom is -0.469 e. The van der Waals surface area contributed by atoms with Crippen LogP contribution >= 0.6 is 0 Å². The third-order valence-corrected chi connectivity index (χ3v) is 11.0. The number of methoxy groups -OCH3 is 1. The molecule has 6 nitrogen and oxygen atoms in total. The molecule has 9 atom stereocenters. The van der Waals surface area contributed by atoms with E-state index in [1.165, 1.54) is 7.11 Å². The van der Waals surface area contributed by atoms with Gasteiger partial charge >= 0.3 is 12.1 Å². The van der Waals surface area contributed by atoms with Crippen LogP contribution in [-0.2, 0) is 23.8 Å². The molecule has 0 aromatic rings. The molecule has 0 N–H and O–H groups in total. The average molecular weight is 503 g/mol. The Morgan fingerprint density at radius 3 is 2.44 bits per heavy atom. The summed E-state index contributed by atoms with van der Waals surface area (Å²) in [6, 6.07) is 0. The van der Waals surface area contributed by atoms with Crippen LogP contribution in [-0.4, -0.2) is 37.7 Å². The molecule has 4 fully saturated rings. The van der Waals surface area contributed by atoms with E-state index in [0.29, 0.717) is 48.9 Å². The van der Waals surface area contributed by atoms with Crippen LogP contribution in [0.2, 0.25) is 0 Å². The molecule has 0 aliphatic heterocycles. The van der Waals surface area contributed by atoms with E-state index >= 15 is 0 Å². The van der Waals surface area contributed by atoms with Gasteiger partial charge in [0.15, 0.2) is 5.78 Å². The van der Waals surface area contributed by atoms with E-state index in [9.17, 15) is 14.4 Å². The number of fused-ring (bicyclic) bond motifs is 5. The maximum Gasteiger partial charge on any atom is 0.508 e. The lowest BCUT2D eigenvalue weighted by Crippen LogP contribution is -2.58. The van der Waals surface area contributed by atoms with Gasteiger partial charge in [0, 0.05) is 12.3 Å². The Labute approximate surface area is 216 Å². The first-order valence-electron chi connectivity index (χ1n) is 14.2. The van der Waals surface area contributed by atoms with Gasteiger partial charge in [-0.3, -0.25) is 9.59 Å². The summed E-state index contributed by atoms with van der Waals surface area (Å²) in [4.78, 5) is 37.9. The summed E-state index contributed by atoms with van der Waals surface area (Å²) in [7, 11) is 1.46. The number of rotatable bonds is 6. The molecule has 0 aromatic carbocycles. The lowest BCUT2D eigenvalue weighted by Gasteiger charge is -2.61. The van der Waals surface area contributed by atoms with Crippen molar-refractivity contribution in [3.05, 3.63) is 11.6 Å². The predicted molar refractivity (Wildman–Crippen MR) is 137 cm³/mol. The predicted octanol–water partition coefficient (Wildman–Crippen LogP) is 6.51. The first-order valence-corrected chi connectivity index (χ1v) is 14.2. The smallest absolute Gasteiger partial charge is 0.469 e. The summed E-state index contributed by atoms with van der Waals surface area (Å²) in [6.07, 6.45) is 9.55. The van der Waals surface area contributed by atoms with Crippen molar-refractivity contribution >= 4 is 17.9 Å². The van der Waals surface area contributed by atoms with Crippen LogP contribution < -0.4 is 0 Å². The number of carbonyl (C=O) groups is 3. The van der Waals surface area contributed by atoms with Crippen LogP contribution in [0.15, 0.2) is 11.6 Å². The van der Waals surface area contributed by atoms with E-state index in [2.05, 4.69) is 20.8 Å². The number of hydrogen-bond donors (Lipinski definition) is 0. The molecular formula is C30H46O6. The minimum atomic E-state index is -0.597. The molecule has 0 spiro atoms. The van der Waals surface area contributed by atoms with Gasteiger partial charge in [0.2, 0.25) is 0 Å². The second-order valence-corrected chi connectivity index (χ2v) is 12.4. The van der Waals surface area contributed by atoms with Crippen LogP contribution in [0.1, 0.15) is 92.4 Å². The molecule has 0 radical (unpaired) electrons. The van der Waals surface area contributed by atoms with Crippen molar-refractivity contribution in [1.82, 2.24) is 0 Å². The molecule has 4 saturated carbocycles. The monoisotopic (exact) mass is 502 g/mol. The highest BCUT2D eigenvalue weighted by Crippen LogP contribution is 2.68. The van der Waals surface area contributed by atoms with Crippen LogP contribution in [0.25, 0.3) is 0 Å². The summed E-state index contributed by atoms with van der Waals surface area (Å²) in [5, 5.41) is 0. The number of hydrogen-bond acceptors (Lipinski definition) is 6. The average Bonchev–Trinajstić information content (AvgIpc) is 3.20. The highest BCUT2D eigenvalue weighted by molar-refractivity contribution is 5.99. The van der Waals surface area contributed by atoms with E-state index in [4.69, 9.17) is 14.2 Å². The molecule has 4 aliphatic carbocycles. The van der Waals surface area contributed by atoms with Crippen LogP contribution in [0.4, 0.5) is 4.79 Å². The number of esters is 1. The first-order chi connectivity index (χ1) is 17.1. The Balaban J connectivity index is 1.55. The zero-order valence-corrected chi connectivity index (χ0v) is 23.1. The Morgan fingerprint density at radius 1 is 1.08 bits per heavy atom. The van der Waals surface area contributed by atoms with Gasteiger partial charge in [-0.05, 0) is 111 Å². The molecule has 4 unspecified atom stereocenters. The van der Waals surface area contributed by atoms with Gasteiger partial charge in [-0.1, -0.05) is 26.8 Å². The molecule has 0 amide bonds. The topological polar surface area (TPSA) is 78.9 Å². The Kier molecular flexibility index (Phi) is 7.92. The fourth-order valence-electron chi connectivity index (χ4n) is 9.19. The maximum atomic E-state index is 14.2. The molecular weight excluding hydrogens is 456 g/mol. The zero-order chi connectivity index (χ0) is 26.3. The minimum absolute atomic E-state index is 0.0465. The van der Waals surface area contributed by atoms with Gasteiger partial charge in [-0.2, -0.15) is 0 Å². The summed E-state index contributed by atoms with van der Waals surface area (Å²) < 4.78 is 15.5. The molecule has 4 rings (SSSR count). The largest absolute Gasteiger partial charge is 0.508 e.